The molecule has 1 aliphatic carbocycles. The Kier molecular flexibility index (Phi) is 6.39. The molecule has 2 atom stereocenters. The van der Waals surface area contributed by atoms with Crippen molar-refractivity contribution < 1.29 is 14.6 Å². The molecule has 1 heterocycles. The van der Waals surface area contributed by atoms with Gasteiger partial charge in [0.05, 0.1) is 0 Å². The van der Waals surface area contributed by atoms with Gasteiger partial charge in [0.1, 0.15) is 11.6 Å². The van der Waals surface area contributed by atoms with Crippen molar-refractivity contribution in [2.75, 3.05) is 13.2 Å². The first-order chi connectivity index (χ1) is 13.4. The van der Waals surface area contributed by atoms with Gasteiger partial charge in [-0.25, -0.2) is 4.98 Å². The van der Waals surface area contributed by atoms with Crippen LogP contribution in [0, 0.1) is 5.92 Å². The largest absolute Gasteiger partial charge is 0.484 e. The summed E-state index contributed by atoms with van der Waals surface area (Å²) in [4.78, 5) is 16.4. The van der Waals surface area contributed by atoms with E-state index in [1.165, 1.54) is 0 Å². The van der Waals surface area contributed by atoms with Crippen molar-refractivity contribution in [2.24, 2.45) is 5.92 Å². The van der Waals surface area contributed by atoms with Crippen LogP contribution in [-0.4, -0.2) is 39.3 Å². The summed E-state index contributed by atoms with van der Waals surface area (Å²) in [7, 11) is 0. The number of imidazole rings is 1. The molecule has 1 saturated carbocycles. The second kappa shape index (κ2) is 8.78. The average molecular weight is 386 g/mol. The number of rotatable bonds is 6. The van der Waals surface area contributed by atoms with Crippen molar-refractivity contribution in [3.05, 3.63) is 36.7 Å². The minimum absolute atomic E-state index is 0.00410. The van der Waals surface area contributed by atoms with Crippen molar-refractivity contribution in [1.82, 2.24) is 14.9 Å². The zero-order valence-electron chi connectivity index (χ0n) is 17.0. The fraction of sp³-hybridized carbons (Fsp3) is 0.545. The number of benzene rings is 1. The molecule has 1 amide bonds. The second-order valence-corrected chi connectivity index (χ2v) is 8.64. The van der Waals surface area contributed by atoms with Gasteiger partial charge >= 0.3 is 0 Å². The summed E-state index contributed by atoms with van der Waals surface area (Å²) < 4.78 is 7.82. The zero-order valence-corrected chi connectivity index (χ0v) is 17.0. The van der Waals surface area contributed by atoms with Crippen molar-refractivity contribution in [1.29, 1.82) is 0 Å². The molecule has 1 aliphatic rings. The average Bonchev–Trinajstić information content (AvgIpc) is 3.15. The summed E-state index contributed by atoms with van der Waals surface area (Å²) >= 11 is 0. The first-order valence-electron chi connectivity index (χ1n) is 10.0. The van der Waals surface area contributed by atoms with E-state index < -0.39 is 0 Å². The molecule has 1 aromatic heterocycles. The van der Waals surface area contributed by atoms with Gasteiger partial charge in [0.25, 0.3) is 5.91 Å². The number of carbonyl (C=O) groups excluding carboxylic acids is 1. The zero-order chi connectivity index (χ0) is 20.1. The fourth-order valence-electron chi connectivity index (χ4n) is 3.82. The molecule has 6 nitrogen and oxygen atoms in total. The number of hydrogen-bond donors (Lipinski definition) is 2. The topological polar surface area (TPSA) is 76.4 Å². The van der Waals surface area contributed by atoms with Crippen molar-refractivity contribution in [3.63, 3.8) is 0 Å². The van der Waals surface area contributed by atoms with Crippen molar-refractivity contribution >= 4 is 5.91 Å². The maximum atomic E-state index is 11.9. The van der Waals surface area contributed by atoms with Gasteiger partial charge in [-0.15, -0.1) is 0 Å². The van der Waals surface area contributed by atoms with E-state index >= 15 is 0 Å². The molecule has 1 fully saturated rings. The molecular weight excluding hydrogens is 354 g/mol. The molecule has 0 spiro atoms. The molecule has 6 heteroatoms. The normalized spacial score (nSPS) is 20.0. The van der Waals surface area contributed by atoms with Crippen LogP contribution in [0.2, 0.25) is 0 Å². The van der Waals surface area contributed by atoms with Gasteiger partial charge in [0.15, 0.2) is 6.61 Å². The molecule has 0 aliphatic heterocycles. The van der Waals surface area contributed by atoms with E-state index in [0.29, 0.717) is 17.7 Å². The number of nitrogens with zero attached hydrogens (tertiary/aromatic N) is 2. The fourth-order valence-corrected chi connectivity index (χ4v) is 3.82. The summed E-state index contributed by atoms with van der Waals surface area (Å²) in [5, 5.41) is 12.4. The minimum Gasteiger partial charge on any atom is -0.484 e. The van der Waals surface area contributed by atoms with Crippen LogP contribution >= 0.6 is 0 Å². The lowest BCUT2D eigenvalue weighted by atomic mass is 9.86. The molecule has 0 saturated heterocycles. The highest BCUT2D eigenvalue weighted by molar-refractivity contribution is 5.78. The van der Waals surface area contributed by atoms with Crippen LogP contribution in [0.5, 0.6) is 5.75 Å². The lowest BCUT2D eigenvalue weighted by Crippen LogP contribution is -2.43. The minimum atomic E-state index is -0.268. The predicted octanol–water partition coefficient (Wildman–Crippen LogP) is 3.57. The molecule has 2 N–H and O–H groups in total. The van der Waals surface area contributed by atoms with Gasteiger partial charge in [-0.3, -0.25) is 4.79 Å². The van der Waals surface area contributed by atoms with E-state index in [-0.39, 0.29) is 24.7 Å². The van der Waals surface area contributed by atoms with Crippen LogP contribution in [0.1, 0.15) is 52.5 Å². The third kappa shape index (κ3) is 5.35. The Bertz CT molecular complexity index is 777. The summed E-state index contributed by atoms with van der Waals surface area (Å²) in [6.07, 6.45) is 8.21. The highest BCUT2D eigenvalue weighted by atomic mass is 16.5. The number of amides is 1. The Labute approximate surface area is 166 Å². The van der Waals surface area contributed by atoms with E-state index in [1.807, 2.05) is 57.4 Å². The second-order valence-electron chi connectivity index (χ2n) is 8.64. The first kappa shape index (κ1) is 20.4. The van der Waals surface area contributed by atoms with Gasteiger partial charge in [-0.1, -0.05) is 6.42 Å². The maximum absolute atomic E-state index is 11.9. The molecule has 0 unspecified atom stereocenters. The van der Waals surface area contributed by atoms with E-state index in [0.717, 1.165) is 37.1 Å². The molecule has 152 valence electrons. The quantitative estimate of drug-likeness (QED) is 0.797. The van der Waals surface area contributed by atoms with Crippen LogP contribution in [0.4, 0.5) is 0 Å². The van der Waals surface area contributed by atoms with E-state index in [4.69, 9.17) is 4.74 Å². The number of aromatic nitrogens is 2. The van der Waals surface area contributed by atoms with Gasteiger partial charge in [-0.05, 0) is 70.2 Å². The van der Waals surface area contributed by atoms with Crippen LogP contribution < -0.4 is 10.1 Å². The van der Waals surface area contributed by atoms with Crippen molar-refractivity contribution in [3.8, 4) is 17.1 Å². The van der Waals surface area contributed by atoms with Crippen molar-refractivity contribution in [2.45, 2.75) is 58.0 Å². The third-order valence-electron chi connectivity index (χ3n) is 5.07. The Morgan fingerprint density at radius 2 is 2.04 bits per heavy atom. The highest BCUT2D eigenvalue weighted by Crippen LogP contribution is 2.35. The molecule has 3 rings (SSSR count). The number of hydrogen-bond acceptors (Lipinski definition) is 4. The van der Waals surface area contributed by atoms with Gasteiger partial charge < -0.3 is 19.7 Å². The number of carbonyl (C=O) groups is 1. The van der Waals surface area contributed by atoms with E-state index in [9.17, 15) is 9.90 Å². The summed E-state index contributed by atoms with van der Waals surface area (Å²) in [6.45, 7) is 6.08. The predicted molar refractivity (Wildman–Crippen MR) is 109 cm³/mol. The molecule has 0 bridgehead atoms. The Balaban J connectivity index is 1.64. The Morgan fingerprint density at radius 1 is 1.29 bits per heavy atom. The van der Waals surface area contributed by atoms with Crippen LogP contribution in [0.25, 0.3) is 11.4 Å². The number of aliphatic hydroxyl groups is 1. The van der Waals surface area contributed by atoms with Crippen LogP contribution in [0.15, 0.2) is 36.7 Å². The Hall–Kier alpha value is -2.34. The smallest absolute Gasteiger partial charge is 0.258 e. The number of aliphatic hydroxyl groups excluding tert-OH is 1. The van der Waals surface area contributed by atoms with Crippen LogP contribution in [0.3, 0.4) is 0 Å². The third-order valence-corrected chi connectivity index (χ3v) is 5.07. The standard InChI is InChI=1S/C22H31N3O3/c1-22(2,3)24-20(27)15-28-19-9-7-17(8-10-19)21-23-11-12-25(21)18-6-4-5-16(13-18)14-26/h7-12,16,18,26H,4-6,13-15H2,1-3H3,(H,24,27)/t16-,18+/m0/s1. The van der Waals surface area contributed by atoms with Gasteiger partial charge in [0.2, 0.25) is 0 Å². The molecule has 1 aromatic carbocycles. The molecule has 2 aromatic rings. The highest BCUT2D eigenvalue weighted by Gasteiger charge is 2.24. The number of ether oxygens (including phenoxy) is 1. The maximum Gasteiger partial charge on any atom is 0.258 e. The number of nitrogens with one attached hydrogen (secondary N) is 1. The lowest BCUT2D eigenvalue weighted by Gasteiger charge is -2.30. The van der Waals surface area contributed by atoms with Crippen LogP contribution in [-0.2, 0) is 4.79 Å². The SMILES string of the molecule is CC(C)(C)NC(=O)COc1ccc(-c2nccn2[C@@H]2CCC[C@H](CO)C2)cc1. The molecule has 0 radical (unpaired) electrons. The summed E-state index contributed by atoms with van der Waals surface area (Å²) in [6, 6.07) is 8.07. The summed E-state index contributed by atoms with van der Waals surface area (Å²) in [5.74, 6) is 1.83. The first-order valence-corrected chi connectivity index (χ1v) is 10.0. The molecular formula is C22H31N3O3. The lowest BCUT2D eigenvalue weighted by molar-refractivity contribution is -0.124. The Morgan fingerprint density at radius 3 is 2.71 bits per heavy atom. The van der Waals surface area contributed by atoms with E-state index in [2.05, 4.69) is 14.9 Å². The molecule has 28 heavy (non-hydrogen) atoms. The van der Waals surface area contributed by atoms with E-state index in [1.54, 1.807) is 0 Å². The van der Waals surface area contributed by atoms with Gasteiger partial charge in [-0.2, -0.15) is 0 Å². The summed E-state index contributed by atoms with van der Waals surface area (Å²) in [5.41, 5.74) is 0.748. The van der Waals surface area contributed by atoms with Gasteiger partial charge in [0, 0.05) is 36.1 Å². The monoisotopic (exact) mass is 385 g/mol.